The average molecular weight is 478 g/mol. The molecule has 9 heteroatoms. The van der Waals surface area contributed by atoms with E-state index in [1.54, 1.807) is 29.2 Å². The molecule has 0 radical (unpaired) electrons. The Balaban J connectivity index is 1.39. The Kier molecular flexibility index (Phi) is 7.32. The van der Waals surface area contributed by atoms with Gasteiger partial charge in [0.15, 0.2) is 0 Å². The summed E-state index contributed by atoms with van der Waals surface area (Å²) in [6.07, 6.45) is 1.88. The van der Waals surface area contributed by atoms with E-state index in [0.29, 0.717) is 34.4 Å². The van der Waals surface area contributed by atoms with Crippen LogP contribution in [0.1, 0.15) is 54.4 Å². The van der Waals surface area contributed by atoms with E-state index < -0.39 is 0 Å². The fourth-order valence-corrected chi connectivity index (χ4v) is 4.82. The van der Waals surface area contributed by atoms with Crippen molar-refractivity contribution in [2.45, 2.75) is 39.0 Å². The van der Waals surface area contributed by atoms with Crippen LogP contribution in [0.3, 0.4) is 0 Å². The quantitative estimate of drug-likeness (QED) is 0.490. The highest BCUT2D eigenvalue weighted by Gasteiger charge is 2.34. The monoisotopic (exact) mass is 477 g/mol. The Labute approximate surface area is 202 Å². The van der Waals surface area contributed by atoms with Gasteiger partial charge in [0, 0.05) is 41.7 Å². The molecule has 8 nitrogen and oxygen atoms in total. The zero-order valence-electron chi connectivity index (χ0n) is 19.2. The third kappa shape index (κ3) is 5.31. The number of anilines is 3. The molecule has 2 aromatic carbocycles. The second-order valence-electron chi connectivity index (χ2n) is 8.22. The number of hydrogen-bond donors (Lipinski definition) is 2. The smallest absolute Gasteiger partial charge is 0.257 e. The summed E-state index contributed by atoms with van der Waals surface area (Å²) < 4.78 is 0. The molecule has 1 aromatic heterocycles. The van der Waals surface area contributed by atoms with Crippen molar-refractivity contribution in [2.24, 2.45) is 5.92 Å². The number of nitrogens with zero attached hydrogens (tertiary/aromatic N) is 3. The van der Waals surface area contributed by atoms with Crippen LogP contribution in [0.15, 0.2) is 54.6 Å². The van der Waals surface area contributed by atoms with E-state index >= 15 is 0 Å². The summed E-state index contributed by atoms with van der Waals surface area (Å²) >= 11 is 1.27. The number of benzene rings is 2. The number of amides is 3. The van der Waals surface area contributed by atoms with Crippen molar-refractivity contribution in [1.29, 1.82) is 0 Å². The molecule has 0 unspecified atom stereocenters. The number of rotatable bonds is 8. The van der Waals surface area contributed by atoms with Gasteiger partial charge >= 0.3 is 0 Å². The van der Waals surface area contributed by atoms with Crippen molar-refractivity contribution < 1.29 is 14.4 Å². The maximum Gasteiger partial charge on any atom is 0.257 e. The van der Waals surface area contributed by atoms with Crippen molar-refractivity contribution >= 4 is 45.6 Å². The van der Waals surface area contributed by atoms with Gasteiger partial charge in [-0.05, 0) is 43.2 Å². The lowest BCUT2D eigenvalue weighted by Gasteiger charge is -2.15. The molecule has 2 heterocycles. The lowest BCUT2D eigenvalue weighted by atomic mass is 10.0. The van der Waals surface area contributed by atoms with Gasteiger partial charge in [-0.25, -0.2) is 0 Å². The second-order valence-corrected chi connectivity index (χ2v) is 9.23. The van der Waals surface area contributed by atoms with Crippen LogP contribution in [0.4, 0.5) is 16.5 Å². The van der Waals surface area contributed by atoms with Crippen LogP contribution in [-0.2, 0) is 9.59 Å². The van der Waals surface area contributed by atoms with Gasteiger partial charge in [-0.3, -0.25) is 19.7 Å². The van der Waals surface area contributed by atoms with E-state index in [9.17, 15) is 14.4 Å². The molecule has 1 saturated heterocycles. The zero-order valence-corrected chi connectivity index (χ0v) is 20.0. The molecular weight excluding hydrogens is 450 g/mol. The molecule has 176 valence electrons. The van der Waals surface area contributed by atoms with Crippen LogP contribution in [0.5, 0.6) is 0 Å². The van der Waals surface area contributed by atoms with Gasteiger partial charge in [-0.1, -0.05) is 49.4 Å². The predicted molar refractivity (Wildman–Crippen MR) is 133 cm³/mol. The first kappa shape index (κ1) is 23.6. The molecular formula is C25H27N5O3S. The largest absolute Gasteiger partial charge is 0.326 e. The van der Waals surface area contributed by atoms with Gasteiger partial charge in [-0.15, -0.1) is 10.2 Å². The maximum atomic E-state index is 12.8. The van der Waals surface area contributed by atoms with Crippen LogP contribution in [0, 0.1) is 5.92 Å². The Hall–Kier alpha value is -3.59. The van der Waals surface area contributed by atoms with Crippen molar-refractivity contribution in [2.75, 3.05) is 22.1 Å². The van der Waals surface area contributed by atoms with Crippen LogP contribution in [-0.4, -0.2) is 34.5 Å². The number of para-hydroxylation sites is 1. The van der Waals surface area contributed by atoms with Crippen LogP contribution in [0.2, 0.25) is 0 Å². The highest BCUT2D eigenvalue weighted by molar-refractivity contribution is 7.15. The molecule has 0 spiro atoms. The van der Waals surface area contributed by atoms with E-state index in [4.69, 9.17) is 0 Å². The van der Waals surface area contributed by atoms with Crippen LogP contribution < -0.4 is 15.5 Å². The fraction of sp³-hybridized carbons (Fsp3) is 0.320. The predicted octanol–water partition coefficient (Wildman–Crippen LogP) is 4.69. The van der Waals surface area contributed by atoms with E-state index in [0.717, 1.165) is 18.5 Å². The summed E-state index contributed by atoms with van der Waals surface area (Å²) in [5.74, 6) is -0.469. The minimum Gasteiger partial charge on any atom is -0.326 e. The molecule has 1 aliphatic rings. The highest BCUT2D eigenvalue weighted by Crippen LogP contribution is 2.34. The first-order chi connectivity index (χ1) is 16.5. The molecule has 1 atom stereocenters. The molecule has 1 aliphatic heterocycles. The summed E-state index contributed by atoms with van der Waals surface area (Å²) in [5.41, 5.74) is 1.85. The standard InChI is InChI=1S/C25H27N5O3S/c1-3-16(4-2)22(32)26-19-10-8-9-17(13-19)23(33)27-25-29-28-24(34-25)18-14-21(31)30(15-18)20-11-6-5-7-12-20/h5-13,16,18H,3-4,14-15H2,1-2H3,(H,26,32)(H,27,29,33)/t18-/m1/s1. The SMILES string of the molecule is CCC(CC)C(=O)Nc1cccc(C(=O)Nc2nnc([C@@H]3CC(=O)N(c4ccccc4)C3)s2)c1. The van der Waals surface area contributed by atoms with E-state index in [1.165, 1.54) is 11.3 Å². The van der Waals surface area contributed by atoms with E-state index in [2.05, 4.69) is 20.8 Å². The Morgan fingerprint density at radius 3 is 2.56 bits per heavy atom. The van der Waals surface area contributed by atoms with Gasteiger partial charge in [0.2, 0.25) is 16.9 Å². The Morgan fingerprint density at radius 1 is 1.06 bits per heavy atom. The van der Waals surface area contributed by atoms with Crippen molar-refractivity contribution in [3.63, 3.8) is 0 Å². The maximum absolute atomic E-state index is 12.8. The first-order valence-corrected chi connectivity index (χ1v) is 12.2. The molecule has 0 bridgehead atoms. The van der Waals surface area contributed by atoms with Gasteiger partial charge in [0.25, 0.3) is 5.91 Å². The summed E-state index contributed by atoms with van der Waals surface area (Å²) in [7, 11) is 0. The minimum atomic E-state index is -0.338. The summed E-state index contributed by atoms with van der Waals surface area (Å²) in [4.78, 5) is 39.4. The first-order valence-electron chi connectivity index (χ1n) is 11.4. The van der Waals surface area contributed by atoms with Gasteiger partial charge in [0.05, 0.1) is 0 Å². The van der Waals surface area contributed by atoms with Gasteiger partial charge in [-0.2, -0.15) is 0 Å². The van der Waals surface area contributed by atoms with Crippen molar-refractivity contribution in [3.8, 4) is 0 Å². The second kappa shape index (κ2) is 10.6. The molecule has 1 fully saturated rings. The van der Waals surface area contributed by atoms with Crippen molar-refractivity contribution in [1.82, 2.24) is 10.2 Å². The molecule has 3 amide bonds. The Morgan fingerprint density at radius 2 is 1.82 bits per heavy atom. The van der Waals surface area contributed by atoms with Crippen molar-refractivity contribution in [3.05, 3.63) is 65.2 Å². The molecule has 34 heavy (non-hydrogen) atoms. The average Bonchev–Trinajstić information content (AvgIpc) is 3.47. The van der Waals surface area contributed by atoms with Gasteiger partial charge < -0.3 is 10.2 Å². The zero-order chi connectivity index (χ0) is 24.1. The normalized spacial score (nSPS) is 15.6. The van der Waals surface area contributed by atoms with Crippen LogP contribution in [0.25, 0.3) is 0 Å². The molecule has 4 rings (SSSR count). The van der Waals surface area contributed by atoms with E-state index in [1.807, 2.05) is 44.2 Å². The third-order valence-corrected chi connectivity index (χ3v) is 6.95. The summed E-state index contributed by atoms with van der Waals surface area (Å²) in [6, 6.07) is 16.4. The lowest BCUT2D eigenvalue weighted by Crippen LogP contribution is -2.24. The molecule has 2 N–H and O–H groups in total. The van der Waals surface area contributed by atoms with E-state index in [-0.39, 0.29) is 29.6 Å². The molecule has 0 aliphatic carbocycles. The highest BCUT2D eigenvalue weighted by atomic mass is 32.1. The number of hydrogen-bond acceptors (Lipinski definition) is 6. The van der Waals surface area contributed by atoms with Gasteiger partial charge in [0.1, 0.15) is 5.01 Å². The molecule has 0 saturated carbocycles. The number of carbonyl (C=O) groups excluding carboxylic acids is 3. The molecule has 3 aromatic rings. The Bertz CT molecular complexity index is 1180. The number of nitrogens with one attached hydrogen (secondary N) is 2. The topological polar surface area (TPSA) is 104 Å². The minimum absolute atomic E-state index is 0.0456. The number of aromatic nitrogens is 2. The number of carbonyl (C=O) groups is 3. The summed E-state index contributed by atoms with van der Waals surface area (Å²) in [5, 5.41) is 15.1. The van der Waals surface area contributed by atoms with Crippen LogP contribution >= 0.6 is 11.3 Å². The lowest BCUT2D eigenvalue weighted by molar-refractivity contribution is -0.120. The third-order valence-electron chi connectivity index (χ3n) is 5.95. The fourth-order valence-electron chi connectivity index (χ4n) is 3.99. The summed E-state index contributed by atoms with van der Waals surface area (Å²) in [6.45, 7) is 4.49.